The van der Waals surface area contributed by atoms with E-state index in [9.17, 15) is 0 Å². The van der Waals surface area contributed by atoms with Crippen LogP contribution in [0.4, 0.5) is 0 Å². The van der Waals surface area contributed by atoms with Gasteiger partial charge in [-0.2, -0.15) is 0 Å². The molecule has 76 valence electrons. The highest BCUT2D eigenvalue weighted by atomic mass is 16.4. The van der Waals surface area contributed by atoms with Gasteiger partial charge in [0, 0.05) is 6.04 Å². The van der Waals surface area contributed by atoms with Crippen LogP contribution in [0.15, 0.2) is 5.16 Å². The molecular formula is C9H19N3O. The average Bonchev–Trinajstić information content (AvgIpc) is 2.19. The second-order valence-electron chi connectivity index (χ2n) is 3.80. The maximum atomic E-state index is 8.42. The van der Waals surface area contributed by atoms with Gasteiger partial charge < -0.3 is 10.9 Å². The lowest BCUT2D eigenvalue weighted by Crippen LogP contribution is -2.39. The number of rotatable bonds is 3. The molecule has 0 bridgehead atoms. The lowest BCUT2D eigenvalue weighted by atomic mass is 9.94. The van der Waals surface area contributed by atoms with E-state index in [1.54, 1.807) is 0 Å². The summed E-state index contributed by atoms with van der Waals surface area (Å²) in [5.41, 5.74) is 5.44. The third kappa shape index (κ3) is 3.22. The van der Waals surface area contributed by atoms with E-state index in [1.807, 2.05) is 7.05 Å². The summed E-state index contributed by atoms with van der Waals surface area (Å²) in [6, 6.07) is 0.619. The summed E-state index contributed by atoms with van der Waals surface area (Å²) >= 11 is 0. The largest absolute Gasteiger partial charge is 0.409 e. The van der Waals surface area contributed by atoms with Crippen LogP contribution in [0.5, 0.6) is 0 Å². The van der Waals surface area contributed by atoms with E-state index in [0.717, 1.165) is 0 Å². The first-order valence-electron chi connectivity index (χ1n) is 4.90. The lowest BCUT2D eigenvalue weighted by Gasteiger charge is -2.30. The molecule has 13 heavy (non-hydrogen) atoms. The van der Waals surface area contributed by atoms with Crippen molar-refractivity contribution >= 4 is 5.84 Å². The first kappa shape index (κ1) is 10.3. The fraction of sp³-hybridized carbons (Fsp3) is 0.889. The maximum Gasteiger partial charge on any atom is 0.153 e. The van der Waals surface area contributed by atoms with Crippen molar-refractivity contribution in [2.75, 3.05) is 13.6 Å². The van der Waals surface area contributed by atoms with Crippen LogP contribution >= 0.6 is 0 Å². The number of oxime groups is 1. The monoisotopic (exact) mass is 185 g/mol. The Bertz CT molecular complexity index is 176. The molecule has 1 fully saturated rings. The molecule has 0 aromatic rings. The predicted molar refractivity (Wildman–Crippen MR) is 52.9 cm³/mol. The van der Waals surface area contributed by atoms with Gasteiger partial charge in [0.15, 0.2) is 5.84 Å². The molecule has 0 saturated heterocycles. The van der Waals surface area contributed by atoms with E-state index in [2.05, 4.69) is 10.1 Å². The van der Waals surface area contributed by atoms with E-state index in [1.165, 1.54) is 32.1 Å². The average molecular weight is 185 g/mol. The molecule has 0 unspecified atom stereocenters. The van der Waals surface area contributed by atoms with Crippen molar-refractivity contribution in [2.45, 2.75) is 38.1 Å². The Morgan fingerprint density at radius 2 is 2.08 bits per heavy atom. The number of likely N-dealkylation sites (N-methyl/N-ethyl adjacent to an activating group) is 1. The predicted octanol–water partition coefficient (Wildman–Crippen LogP) is 0.997. The van der Waals surface area contributed by atoms with Crippen molar-refractivity contribution in [2.24, 2.45) is 10.9 Å². The number of hydrogen-bond acceptors (Lipinski definition) is 3. The van der Waals surface area contributed by atoms with Gasteiger partial charge in [-0.05, 0) is 19.9 Å². The molecule has 0 heterocycles. The van der Waals surface area contributed by atoms with Gasteiger partial charge in [0.05, 0.1) is 6.54 Å². The fourth-order valence-corrected chi connectivity index (χ4v) is 1.94. The Labute approximate surface area is 79.4 Å². The Balaban J connectivity index is 2.32. The zero-order valence-electron chi connectivity index (χ0n) is 8.24. The van der Waals surface area contributed by atoms with Crippen LogP contribution in [-0.2, 0) is 0 Å². The standard InChI is InChI=1S/C9H19N3O/c1-12(7-9(10)11-13)8-5-3-2-4-6-8/h8,13H,2-7H2,1H3,(H2,10,11). The van der Waals surface area contributed by atoms with E-state index < -0.39 is 0 Å². The van der Waals surface area contributed by atoms with Crippen LogP contribution in [0.1, 0.15) is 32.1 Å². The van der Waals surface area contributed by atoms with Crippen LogP contribution in [0.25, 0.3) is 0 Å². The minimum absolute atomic E-state index is 0.299. The van der Waals surface area contributed by atoms with Crippen molar-refractivity contribution in [3.05, 3.63) is 0 Å². The molecule has 4 nitrogen and oxygen atoms in total. The molecule has 0 aromatic heterocycles. The van der Waals surface area contributed by atoms with Crippen molar-refractivity contribution in [1.29, 1.82) is 0 Å². The van der Waals surface area contributed by atoms with Crippen LogP contribution in [0.2, 0.25) is 0 Å². The van der Waals surface area contributed by atoms with Crippen molar-refractivity contribution < 1.29 is 5.21 Å². The molecule has 1 aliphatic rings. The van der Waals surface area contributed by atoms with Crippen LogP contribution in [0.3, 0.4) is 0 Å². The molecule has 0 amide bonds. The van der Waals surface area contributed by atoms with Gasteiger partial charge in [-0.25, -0.2) is 0 Å². The van der Waals surface area contributed by atoms with Gasteiger partial charge in [0.25, 0.3) is 0 Å². The van der Waals surface area contributed by atoms with Gasteiger partial charge in [-0.15, -0.1) is 0 Å². The zero-order chi connectivity index (χ0) is 9.68. The van der Waals surface area contributed by atoms with Crippen molar-refractivity contribution in [3.63, 3.8) is 0 Å². The van der Waals surface area contributed by atoms with Crippen molar-refractivity contribution in [3.8, 4) is 0 Å². The maximum absolute atomic E-state index is 8.42. The molecule has 1 rings (SSSR count). The first-order valence-corrected chi connectivity index (χ1v) is 4.90. The van der Waals surface area contributed by atoms with Gasteiger partial charge in [-0.3, -0.25) is 4.90 Å². The summed E-state index contributed by atoms with van der Waals surface area (Å²) in [4.78, 5) is 2.17. The normalized spacial score (nSPS) is 20.9. The summed E-state index contributed by atoms with van der Waals surface area (Å²) in [5.74, 6) is 0.299. The smallest absolute Gasteiger partial charge is 0.153 e. The quantitative estimate of drug-likeness (QED) is 0.298. The second kappa shape index (κ2) is 5.07. The minimum atomic E-state index is 0.299. The third-order valence-electron chi connectivity index (χ3n) is 2.74. The van der Waals surface area contributed by atoms with Crippen LogP contribution < -0.4 is 5.73 Å². The third-order valence-corrected chi connectivity index (χ3v) is 2.74. The SMILES string of the molecule is CN(C/C(N)=N/O)C1CCCCC1. The second-order valence-corrected chi connectivity index (χ2v) is 3.80. The van der Waals surface area contributed by atoms with E-state index in [-0.39, 0.29) is 0 Å². The van der Waals surface area contributed by atoms with Gasteiger partial charge in [0.2, 0.25) is 0 Å². The molecule has 4 heteroatoms. The van der Waals surface area contributed by atoms with Gasteiger partial charge >= 0.3 is 0 Å². The minimum Gasteiger partial charge on any atom is -0.409 e. The molecule has 0 radical (unpaired) electrons. The summed E-state index contributed by atoms with van der Waals surface area (Å²) in [7, 11) is 2.04. The van der Waals surface area contributed by atoms with E-state index in [4.69, 9.17) is 10.9 Å². The highest BCUT2D eigenvalue weighted by molar-refractivity contribution is 5.81. The summed E-state index contributed by atoms with van der Waals surface area (Å²) in [5, 5.41) is 11.4. The number of amidine groups is 1. The Hall–Kier alpha value is -0.770. The Morgan fingerprint density at radius 3 is 2.62 bits per heavy atom. The molecule has 0 spiro atoms. The molecule has 1 saturated carbocycles. The topological polar surface area (TPSA) is 61.8 Å². The number of nitrogens with zero attached hydrogens (tertiary/aromatic N) is 2. The van der Waals surface area contributed by atoms with Crippen LogP contribution in [0, 0.1) is 0 Å². The van der Waals surface area contributed by atoms with Crippen molar-refractivity contribution in [1.82, 2.24) is 4.90 Å². The summed E-state index contributed by atoms with van der Waals surface area (Å²) in [6.07, 6.45) is 6.47. The van der Waals surface area contributed by atoms with Crippen LogP contribution in [-0.4, -0.2) is 35.6 Å². The highest BCUT2D eigenvalue weighted by Crippen LogP contribution is 2.21. The first-order chi connectivity index (χ1) is 6.24. The fourth-order valence-electron chi connectivity index (χ4n) is 1.94. The Morgan fingerprint density at radius 1 is 1.46 bits per heavy atom. The lowest BCUT2D eigenvalue weighted by molar-refractivity contribution is 0.211. The molecule has 0 aliphatic heterocycles. The van der Waals surface area contributed by atoms with Gasteiger partial charge in [-0.1, -0.05) is 24.4 Å². The highest BCUT2D eigenvalue weighted by Gasteiger charge is 2.18. The van der Waals surface area contributed by atoms with Gasteiger partial charge in [0.1, 0.15) is 0 Å². The molecule has 1 aliphatic carbocycles. The zero-order valence-corrected chi connectivity index (χ0v) is 8.24. The summed E-state index contributed by atoms with van der Waals surface area (Å²) < 4.78 is 0. The molecule has 0 atom stereocenters. The molecule has 0 aromatic carbocycles. The van der Waals surface area contributed by atoms with E-state index >= 15 is 0 Å². The number of nitrogens with two attached hydrogens (primary N) is 1. The van der Waals surface area contributed by atoms with E-state index in [0.29, 0.717) is 18.4 Å². The number of hydrogen-bond donors (Lipinski definition) is 2. The summed E-state index contributed by atoms with van der Waals surface area (Å²) in [6.45, 7) is 0.571. The Kier molecular flexibility index (Phi) is 4.02. The molecule has 3 N–H and O–H groups in total. The molecular weight excluding hydrogens is 166 g/mol.